The zero-order valence-electron chi connectivity index (χ0n) is 8.10. The van der Waals surface area contributed by atoms with Crippen molar-refractivity contribution >= 4 is 17.5 Å². The van der Waals surface area contributed by atoms with Gasteiger partial charge in [0.25, 0.3) is 0 Å². The van der Waals surface area contributed by atoms with Crippen molar-refractivity contribution in [2.75, 3.05) is 11.9 Å². The maximum Gasteiger partial charge on any atom is 0.419 e. The molecule has 0 saturated heterocycles. The number of nitrogens with zero attached hydrogens (tertiary/aromatic N) is 2. The molecular weight excluding hydrogens is 192 g/mol. The van der Waals surface area contributed by atoms with Gasteiger partial charge in [0.15, 0.2) is 5.76 Å². The number of cyclic esters (lactones) is 1. The first-order valence-electron chi connectivity index (χ1n) is 4.39. The minimum Gasteiger partial charge on any atom is -0.408 e. The van der Waals surface area contributed by atoms with E-state index in [-0.39, 0.29) is 0 Å². The maximum atomic E-state index is 11.4. The first-order chi connectivity index (χ1) is 7.24. The Kier molecular flexibility index (Phi) is 2.14. The van der Waals surface area contributed by atoms with E-state index in [9.17, 15) is 4.79 Å². The fourth-order valence-electron chi connectivity index (χ4n) is 1.46. The van der Waals surface area contributed by atoms with Crippen molar-refractivity contribution in [1.29, 1.82) is 5.26 Å². The fourth-order valence-corrected chi connectivity index (χ4v) is 1.46. The first-order valence-corrected chi connectivity index (χ1v) is 4.39. The van der Waals surface area contributed by atoms with E-state index in [4.69, 9.17) is 10.00 Å². The summed E-state index contributed by atoms with van der Waals surface area (Å²) in [7, 11) is 1.63. The number of benzene rings is 1. The number of carbonyl (C=O) groups is 1. The summed E-state index contributed by atoms with van der Waals surface area (Å²) in [6, 6.07) is 9.13. The van der Waals surface area contributed by atoms with Crippen molar-refractivity contribution in [2.24, 2.45) is 0 Å². The van der Waals surface area contributed by atoms with Gasteiger partial charge in [-0.15, -0.1) is 0 Å². The van der Waals surface area contributed by atoms with E-state index < -0.39 is 6.09 Å². The molecule has 74 valence electrons. The van der Waals surface area contributed by atoms with E-state index in [1.165, 1.54) is 11.0 Å². The third-order valence-corrected chi connectivity index (χ3v) is 2.20. The second kappa shape index (κ2) is 3.46. The van der Waals surface area contributed by atoms with Gasteiger partial charge in [0.2, 0.25) is 0 Å². The van der Waals surface area contributed by atoms with E-state index in [0.29, 0.717) is 5.76 Å². The minimum atomic E-state index is -0.477. The summed E-state index contributed by atoms with van der Waals surface area (Å²) in [4.78, 5) is 12.8. The Morgan fingerprint density at radius 1 is 1.47 bits per heavy atom. The molecule has 0 unspecified atom stereocenters. The Labute approximate surface area is 87.0 Å². The molecule has 1 heterocycles. The predicted octanol–water partition coefficient (Wildman–Crippen LogP) is 2.14. The number of hydrogen-bond donors (Lipinski definition) is 0. The minimum absolute atomic E-state index is 0.302. The first kappa shape index (κ1) is 9.28. The lowest BCUT2D eigenvalue weighted by molar-refractivity contribution is 0.199. The molecule has 1 aliphatic rings. The second-order valence-corrected chi connectivity index (χ2v) is 3.08. The van der Waals surface area contributed by atoms with Gasteiger partial charge < -0.3 is 4.74 Å². The lowest BCUT2D eigenvalue weighted by Crippen LogP contribution is -2.31. The number of anilines is 1. The molecule has 0 bridgehead atoms. The second-order valence-electron chi connectivity index (χ2n) is 3.08. The normalized spacial score (nSPS) is 16.9. The molecule has 0 aliphatic carbocycles. The Morgan fingerprint density at radius 3 is 2.93 bits per heavy atom. The summed E-state index contributed by atoms with van der Waals surface area (Å²) in [5.41, 5.74) is 1.50. The summed E-state index contributed by atoms with van der Waals surface area (Å²) < 4.78 is 4.99. The van der Waals surface area contributed by atoms with Crippen LogP contribution in [0.25, 0.3) is 5.76 Å². The Morgan fingerprint density at radius 2 is 2.20 bits per heavy atom. The van der Waals surface area contributed by atoms with Crippen molar-refractivity contribution in [1.82, 2.24) is 0 Å². The van der Waals surface area contributed by atoms with Crippen molar-refractivity contribution in [3.05, 3.63) is 35.9 Å². The summed E-state index contributed by atoms with van der Waals surface area (Å²) in [5.74, 6) is 0.302. The van der Waals surface area contributed by atoms with E-state index in [1.807, 2.05) is 18.2 Å². The van der Waals surface area contributed by atoms with Crippen LogP contribution in [0.5, 0.6) is 0 Å². The van der Waals surface area contributed by atoms with Gasteiger partial charge in [0, 0.05) is 12.6 Å². The number of fused-ring (bicyclic) bond motifs is 1. The lowest BCUT2D eigenvalue weighted by Gasteiger charge is -2.26. The quantitative estimate of drug-likeness (QED) is 0.603. The highest BCUT2D eigenvalue weighted by atomic mass is 16.6. The largest absolute Gasteiger partial charge is 0.419 e. The van der Waals surface area contributed by atoms with Crippen LogP contribution in [-0.4, -0.2) is 13.1 Å². The van der Waals surface area contributed by atoms with Gasteiger partial charge in [-0.3, -0.25) is 4.90 Å². The van der Waals surface area contributed by atoms with E-state index in [1.54, 1.807) is 19.2 Å². The topological polar surface area (TPSA) is 53.3 Å². The van der Waals surface area contributed by atoms with Gasteiger partial charge in [-0.05, 0) is 12.1 Å². The molecule has 0 fully saturated rings. The van der Waals surface area contributed by atoms with Crippen molar-refractivity contribution in [3.8, 4) is 6.07 Å². The molecule has 0 saturated carbocycles. The number of amides is 1. The molecule has 2 rings (SSSR count). The molecule has 0 N–H and O–H groups in total. The van der Waals surface area contributed by atoms with E-state index >= 15 is 0 Å². The molecule has 1 aromatic rings. The van der Waals surface area contributed by atoms with E-state index in [2.05, 4.69) is 0 Å². The number of para-hydroxylation sites is 1. The van der Waals surface area contributed by atoms with Crippen molar-refractivity contribution < 1.29 is 9.53 Å². The highest BCUT2D eigenvalue weighted by Crippen LogP contribution is 2.32. The number of rotatable bonds is 0. The third kappa shape index (κ3) is 1.44. The number of ether oxygens (including phenoxy) is 1. The van der Waals surface area contributed by atoms with Crippen molar-refractivity contribution in [2.45, 2.75) is 0 Å². The van der Waals surface area contributed by atoms with Gasteiger partial charge in [-0.1, -0.05) is 12.1 Å². The molecular formula is C11H8N2O2. The van der Waals surface area contributed by atoms with Crippen LogP contribution in [0.3, 0.4) is 0 Å². The smallest absolute Gasteiger partial charge is 0.408 e. The highest BCUT2D eigenvalue weighted by Gasteiger charge is 2.25. The molecule has 15 heavy (non-hydrogen) atoms. The third-order valence-electron chi connectivity index (χ3n) is 2.20. The Balaban J connectivity index is 2.61. The molecule has 1 amide bonds. The highest BCUT2D eigenvalue weighted by molar-refractivity contribution is 5.98. The fraction of sp³-hybridized carbons (Fsp3) is 0.0909. The van der Waals surface area contributed by atoms with Crippen LogP contribution in [0.4, 0.5) is 10.5 Å². The molecule has 0 atom stereocenters. The van der Waals surface area contributed by atoms with Gasteiger partial charge in [0.05, 0.1) is 17.8 Å². The number of hydrogen-bond acceptors (Lipinski definition) is 3. The van der Waals surface area contributed by atoms with Crippen LogP contribution in [-0.2, 0) is 4.74 Å². The standard InChI is InChI=1S/C11H8N2O2/c1-13-9-5-3-2-4-8(9)10(6-7-12)15-11(13)14/h2-6H,1H3/b10-6-. The molecule has 1 aliphatic heterocycles. The Bertz CT molecular complexity index is 486. The average molecular weight is 200 g/mol. The summed E-state index contributed by atoms with van der Waals surface area (Å²) in [5, 5.41) is 8.56. The summed E-state index contributed by atoms with van der Waals surface area (Å²) >= 11 is 0. The average Bonchev–Trinajstić information content (AvgIpc) is 2.26. The van der Waals surface area contributed by atoms with Crippen LogP contribution >= 0.6 is 0 Å². The molecule has 1 aromatic carbocycles. The number of carbonyl (C=O) groups excluding carboxylic acids is 1. The zero-order chi connectivity index (χ0) is 10.8. The zero-order valence-corrected chi connectivity index (χ0v) is 8.10. The monoisotopic (exact) mass is 200 g/mol. The summed E-state index contributed by atoms with van der Waals surface area (Å²) in [6.45, 7) is 0. The van der Waals surface area contributed by atoms with Gasteiger partial charge in [0.1, 0.15) is 0 Å². The molecule has 0 aromatic heterocycles. The number of allylic oxidation sites excluding steroid dienone is 1. The summed E-state index contributed by atoms with van der Waals surface area (Å²) in [6.07, 6.45) is 0.749. The van der Waals surface area contributed by atoms with Gasteiger partial charge in [-0.2, -0.15) is 5.26 Å². The molecule has 0 radical (unpaired) electrons. The van der Waals surface area contributed by atoms with Gasteiger partial charge >= 0.3 is 6.09 Å². The van der Waals surface area contributed by atoms with Crippen LogP contribution < -0.4 is 4.90 Å². The SMILES string of the molecule is CN1C(=O)O/C(=C\C#N)c2ccccc21. The molecule has 4 heteroatoms. The molecule has 0 spiro atoms. The van der Waals surface area contributed by atoms with E-state index in [0.717, 1.165) is 11.3 Å². The van der Waals surface area contributed by atoms with Crippen LogP contribution in [0, 0.1) is 11.3 Å². The predicted molar refractivity (Wildman–Crippen MR) is 54.9 cm³/mol. The Hall–Kier alpha value is -2.28. The van der Waals surface area contributed by atoms with Crippen LogP contribution in [0.1, 0.15) is 5.56 Å². The maximum absolute atomic E-state index is 11.4. The van der Waals surface area contributed by atoms with Crippen molar-refractivity contribution in [3.63, 3.8) is 0 Å². The molecule has 4 nitrogen and oxygen atoms in total. The van der Waals surface area contributed by atoms with Gasteiger partial charge in [-0.25, -0.2) is 4.79 Å². The lowest BCUT2D eigenvalue weighted by atomic mass is 10.1. The number of nitriles is 1. The van der Waals surface area contributed by atoms with Crippen LogP contribution in [0.2, 0.25) is 0 Å². The van der Waals surface area contributed by atoms with Crippen LogP contribution in [0.15, 0.2) is 30.3 Å².